The summed E-state index contributed by atoms with van der Waals surface area (Å²) in [5.74, 6) is 2.75. The van der Waals surface area contributed by atoms with Gasteiger partial charge in [0.1, 0.15) is 11.6 Å². The first-order chi connectivity index (χ1) is 35.0. The van der Waals surface area contributed by atoms with Crippen LogP contribution in [0.25, 0.3) is 106 Å². The molecule has 2 unspecified atom stereocenters. The van der Waals surface area contributed by atoms with E-state index >= 15 is 0 Å². The molecule has 0 amide bonds. The molecule has 5 aromatic heterocycles. The first-order valence-electron chi connectivity index (χ1n) is 25.6. The number of fused-ring (bicyclic) bond motifs is 12. The fourth-order valence-electron chi connectivity index (χ4n) is 12.2. The Kier molecular flexibility index (Phi) is 9.26. The van der Waals surface area contributed by atoms with Gasteiger partial charge in [-0.1, -0.05) is 163 Å². The van der Waals surface area contributed by atoms with Crippen LogP contribution < -0.4 is 0 Å². The highest BCUT2D eigenvalue weighted by Crippen LogP contribution is 2.45. The van der Waals surface area contributed by atoms with Crippen molar-refractivity contribution < 1.29 is 0 Å². The number of aromatic nitrogens is 6. The molecule has 2 aliphatic carbocycles. The van der Waals surface area contributed by atoms with Gasteiger partial charge in [-0.05, 0) is 113 Å². The molecule has 0 spiro atoms. The van der Waals surface area contributed by atoms with Gasteiger partial charge in [-0.3, -0.25) is 9.13 Å². The first-order valence-corrected chi connectivity index (χ1v) is 25.6. The highest BCUT2D eigenvalue weighted by Gasteiger charge is 2.32. The summed E-state index contributed by atoms with van der Waals surface area (Å²) in [6.07, 6.45) is 11.4. The predicted octanol–water partition coefficient (Wildman–Crippen LogP) is 16.6. The van der Waals surface area contributed by atoms with Crippen LogP contribution in [-0.2, 0) is 18.3 Å². The molecule has 12 aromatic rings. The summed E-state index contributed by atoms with van der Waals surface area (Å²) in [5, 5.41) is 7.62. The van der Waals surface area contributed by atoms with E-state index in [2.05, 4.69) is 254 Å². The lowest BCUT2D eigenvalue weighted by atomic mass is 9.75. The van der Waals surface area contributed by atoms with E-state index < -0.39 is 0 Å². The van der Waals surface area contributed by atoms with Crippen molar-refractivity contribution in [1.29, 1.82) is 0 Å². The van der Waals surface area contributed by atoms with E-state index in [1.807, 2.05) is 0 Å². The number of hydrogen-bond acceptors (Lipinski definition) is 2. The SMILES string of the molecule is CC(C)(C)c1ccc2c(c1)c1c(n2-c2cc(-n3c4c(c5cc(-n6c7ccccc7c7ccccc76)ccc53)CC(C(C)(C)C)C=C4)nc(-c3ccccc3)n2)C=CC(n2c3ccccc3c3ccccc32)C1. The highest BCUT2D eigenvalue weighted by molar-refractivity contribution is 6.10. The van der Waals surface area contributed by atoms with Gasteiger partial charge in [0.05, 0.1) is 39.5 Å². The Labute approximate surface area is 419 Å². The highest BCUT2D eigenvalue weighted by atomic mass is 15.2. The predicted molar refractivity (Wildman–Crippen MR) is 301 cm³/mol. The Balaban J connectivity index is 1.01. The zero-order valence-electron chi connectivity index (χ0n) is 41.7. The maximum atomic E-state index is 5.56. The number of hydrogen-bond donors (Lipinski definition) is 0. The quantitative estimate of drug-likeness (QED) is 0.173. The average molecular weight is 933 g/mol. The largest absolute Gasteiger partial charge is 0.333 e. The van der Waals surface area contributed by atoms with Crippen molar-refractivity contribution in [1.82, 2.24) is 28.2 Å². The van der Waals surface area contributed by atoms with E-state index in [0.29, 0.717) is 11.7 Å². The van der Waals surface area contributed by atoms with Gasteiger partial charge in [0, 0.05) is 60.7 Å². The Morgan fingerprint density at radius 2 is 0.917 bits per heavy atom. The molecule has 0 fully saturated rings. The lowest BCUT2D eigenvalue weighted by Gasteiger charge is -2.30. The zero-order valence-corrected chi connectivity index (χ0v) is 41.7. The normalized spacial score (nSPS) is 16.0. The van der Waals surface area contributed by atoms with Gasteiger partial charge in [-0.15, -0.1) is 0 Å². The molecule has 0 N–H and O–H groups in total. The van der Waals surface area contributed by atoms with Crippen LogP contribution in [0.3, 0.4) is 0 Å². The summed E-state index contributed by atoms with van der Waals surface area (Å²) in [4.78, 5) is 11.1. The Bertz CT molecular complexity index is 4140. The third-order valence-corrected chi connectivity index (χ3v) is 16.0. The third-order valence-electron chi connectivity index (χ3n) is 16.0. The van der Waals surface area contributed by atoms with Crippen LogP contribution >= 0.6 is 0 Å². The second-order valence-corrected chi connectivity index (χ2v) is 22.3. The monoisotopic (exact) mass is 932 g/mol. The van der Waals surface area contributed by atoms with Gasteiger partial charge < -0.3 is 9.13 Å². The van der Waals surface area contributed by atoms with Crippen LogP contribution in [0.15, 0.2) is 182 Å². The fraction of sp³-hybridized carbons (Fsp3) is 0.182. The van der Waals surface area contributed by atoms with Gasteiger partial charge in [0.2, 0.25) is 0 Å². The minimum atomic E-state index is -0.0298. The minimum Gasteiger partial charge on any atom is -0.333 e. The van der Waals surface area contributed by atoms with Crippen molar-refractivity contribution in [2.75, 3.05) is 0 Å². The van der Waals surface area contributed by atoms with Crippen molar-refractivity contribution in [2.45, 2.75) is 65.8 Å². The number of allylic oxidation sites excluding steroid dienone is 2. The van der Waals surface area contributed by atoms with Gasteiger partial charge in [0.15, 0.2) is 5.82 Å². The maximum absolute atomic E-state index is 5.56. The molecule has 14 rings (SSSR count). The van der Waals surface area contributed by atoms with Gasteiger partial charge in [-0.2, -0.15) is 0 Å². The number of benzene rings is 7. The Morgan fingerprint density at radius 3 is 1.50 bits per heavy atom. The summed E-state index contributed by atoms with van der Waals surface area (Å²) >= 11 is 0. The summed E-state index contributed by atoms with van der Waals surface area (Å²) in [5.41, 5.74) is 15.8. The van der Waals surface area contributed by atoms with Crippen molar-refractivity contribution in [3.05, 3.63) is 210 Å². The fourth-order valence-corrected chi connectivity index (χ4v) is 12.2. The molecule has 7 aromatic carbocycles. The minimum absolute atomic E-state index is 0.0298. The van der Waals surface area contributed by atoms with Crippen LogP contribution in [0.5, 0.6) is 0 Å². The topological polar surface area (TPSA) is 45.5 Å². The number of nitrogens with zero attached hydrogens (tertiary/aromatic N) is 6. The van der Waals surface area contributed by atoms with E-state index in [0.717, 1.165) is 46.8 Å². The zero-order chi connectivity index (χ0) is 48.6. The molecule has 0 saturated carbocycles. The van der Waals surface area contributed by atoms with E-state index in [-0.39, 0.29) is 16.9 Å². The van der Waals surface area contributed by atoms with Gasteiger partial charge >= 0.3 is 0 Å². The summed E-state index contributed by atoms with van der Waals surface area (Å²) in [6.45, 7) is 14.0. The summed E-state index contributed by atoms with van der Waals surface area (Å²) in [6, 6.07) is 62.3. The smallest absolute Gasteiger partial charge is 0.163 e. The second-order valence-electron chi connectivity index (χ2n) is 22.3. The lowest BCUT2D eigenvalue weighted by Crippen LogP contribution is -2.23. The van der Waals surface area contributed by atoms with Crippen molar-refractivity contribution in [2.24, 2.45) is 11.3 Å². The van der Waals surface area contributed by atoms with Crippen LogP contribution in [0, 0.1) is 11.3 Å². The van der Waals surface area contributed by atoms with E-state index in [9.17, 15) is 0 Å². The molecule has 5 heterocycles. The molecule has 0 saturated heterocycles. The molecular weight excluding hydrogens is 877 g/mol. The van der Waals surface area contributed by atoms with Crippen molar-refractivity contribution in [3.63, 3.8) is 0 Å². The number of rotatable bonds is 5. The van der Waals surface area contributed by atoms with E-state index in [1.54, 1.807) is 0 Å². The maximum Gasteiger partial charge on any atom is 0.163 e. The molecule has 6 heteroatoms. The van der Waals surface area contributed by atoms with Gasteiger partial charge in [0.25, 0.3) is 0 Å². The summed E-state index contributed by atoms with van der Waals surface area (Å²) in [7, 11) is 0. The van der Waals surface area contributed by atoms with Crippen molar-refractivity contribution in [3.8, 4) is 28.7 Å². The van der Waals surface area contributed by atoms with Crippen LogP contribution in [0.2, 0.25) is 0 Å². The molecule has 0 bridgehead atoms. The van der Waals surface area contributed by atoms with Crippen LogP contribution in [0.1, 0.15) is 75.7 Å². The average Bonchev–Trinajstić information content (AvgIpc) is 4.12. The Hall–Kier alpha value is -8.22. The molecule has 350 valence electrons. The molecule has 72 heavy (non-hydrogen) atoms. The molecule has 0 radical (unpaired) electrons. The molecule has 2 aliphatic rings. The van der Waals surface area contributed by atoms with E-state index in [1.165, 1.54) is 82.5 Å². The first kappa shape index (κ1) is 42.6. The van der Waals surface area contributed by atoms with Gasteiger partial charge in [-0.25, -0.2) is 9.97 Å². The van der Waals surface area contributed by atoms with Crippen molar-refractivity contribution >= 4 is 77.6 Å². The molecular formula is C66H56N6. The second kappa shape index (κ2) is 15.6. The van der Waals surface area contributed by atoms with Crippen LogP contribution in [-0.4, -0.2) is 28.2 Å². The molecule has 2 atom stereocenters. The third kappa shape index (κ3) is 6.47. The van der Waals surface area contributed by atoms with E-state index in [4.69, 9.17) is 9.97 Å². The lowest BCUT2D eigenvalue weighted by molar-refractivity contribution is 0.291. The molecule has 0 aliphatic heterocycles. The standard InChI is InChI=1S/C66H56N6/c1-65(2,3)42-28-32-58-50(36-42)52-38-44(69-54-24-14-10-20-46(54)47-21-11-15-25-55(47)69)30-34-60(52)71(58)62-40-63(68-64(67-62)41-18-8-7-9-19-41)72-59-33-29-43(66(4,5)6)37-51(59)53-39-45(31-35-61(53)72)70-56-26-16-12-22-48(56)49-23-13-17-27-57(49)70/h7-36,39-40,43-44H,37-38H2,1-6H3. The van der Waals surface area contributed by atoms with Crippen LogP contribution in [0.4, 0.5) is 0 Å². The Morgan fingerprint density at radius 1 is 0.431 bits per heavy atom. The molecule has 6 nitrogen and oxygen atoms in total. The summed E-state index contributed by atoms with van der Waals surface area (Å²) < 4.78 is 9.82. The number of para-hydroxylation sites is 4.